The summed E-state index contributed by atoms with van der Waals surface area (Å²) in [5.74, 6) is -0.342. The molecule has 2 rings (SSSR count). The summed E-state index contributed by atoms with van der Waals surface area (Å²) in [4.78, 5) is 25.5. The van der Waals surface area contributed by atoms with Gasteiger partial charge in [0, 0.05) is 13.1 Å². The second kappa shape index (κ2) is 5.31. The summed E-state index contributed by atoms with van der Waals surface area (Å²) in [5.41, 5.74) is 2.07. The van der Waals surface area contributed by atoms with Gasteiger partial charge in [-0.2, -0.15) is 0 Å². The molecule has 1 heterocycles. The molecule has 0 saturated heterocycles. The van der Waals surface area contributed by atoms with Crippen molar-refractivity contribution in [3.8, 4) is 0 Å². The molecule has 0 spiro atoms. The molecule has 0 radical (unpaired) electrons. The monoisotopic (exact) mass is 246 g/mol. The van der Waals surface area contributed by atoms with Crippen LogP contribution in [0.25, 0.3) is 0 Å². The van der Waals surface area contributed by atoms with Gasteiger partial charge in [-0.3, -0.25) is 14.5 Å². The third-order valence-electron chi connectivity index (χ3n) is 3.07. The van der Waals surface area contributed by atoms with Crippen LogP contribution in [0.1, 0.15) is 39.6 Å². The molecular weight excluding hydrogens is 228 g/mol. The maximum Gasteiger partial charge on any atom is 0.261 e. The Morgan fingerprint density at radius 2 is 1.83 bits per heavy atom. The lowest BCUT2D eigenvalue weighted by Crippen LogP contribution is -2.36. The van der Waals surface area contributed by atoms with E-state index in [-0.39, 0.29) is 11.8 Å². The number of hydrogen-bond acceptors (Lipinski definition) is 3. The molecule has 1 aliphatic heterocycles. The van der Waals surface area contributed by atoms with Crippen molar-refractivity contribution in [2.45, 2.75) is 20.3 Å². The van der Waals surface area contributed by atoms with Gasteiger partial charge in [0.2, 0.25) is 0 Å². The van der Waals surface area contributed by atoms with Crippen molar-refractivity contribution in [2.24, 2.45) is 0 Å². The lowest BCUT2D eigenvalue weighted by atomic mass is 10.1. The molecule has 0 aromatic heterocycles. The normalized spacial score (nSPS) is 14.2. The van der Waals surface area contributed by atoms with Crippen LogP contribution in [0.2, 0.25) is 0 Å². The molecule has 1 aliphatic rings. The Balaban J connectivity index is 2.08. The molecule has 0 atom stereocenters. The third kappa shape index (κ3) is 2.29. The van der Waals surface area contributed by atoms with E-state index in [0.717, 1.165) is 18.5 Å². The number of nitrogens with one attached hydrogen (secondary N) is 1. The van der Waals surface area contributed by atoms with Crippen LogP contribution < -0.4 is 5.32 Å². The standard InChI is InChI=1S/C14H18N2O2/c1-3-6-15-7-8-16-13(17)11-5-4-10(2)9-12(11)14(16)18/h4-5,9,15H,3,6-8H2,1-2H3. The highest BCUT2D eigenvalue weighted by Crippen LogP contribution is 2.23. The lowest BCUT2D eigenvalue weighted by Gasteiger charge is -2.13. The number of nitrogens with zero attached hydrogens (tertiary/aromatic N) is 1. The van der Waals surface area contributed by atoms with Crippen molar-refractivity contribution in [1.82, 2.24) is 10.2 Å². The zero-order valence-electron chi connectivity index (χ0n) is 10.8. The van der Waals surface area contributed by atoms with Crippen molar-refractivity contribution in [3.05, 3.63) is 34.9 Å². The minimum Gasteiger partial charge on any atom is -0.315 e. The fourth-order valence-corrected chi connectivity index (χ4v) is 2.10. The summed E-state index contributed by atoms with van der Waals surface area (Å²) >= 11 is 0. The lowest BCUT2D eigenvalue weighted by molar-refractivity contribution is 0.0655. The molecule has 0 saturated carbocycles. The van der Waals surface area contributed by atoms with Gasteiger partial charge in [-0.25, -0.2) is 0 Å². The van der Waals surface area contributed by atoms with E-state index in [1.807, 2.05) is 13.0 Å². The molecule has 1 aromatic carbocycles. The van der Waals surface area contributed by atoms with Gasteiger partial charge < -0.3 is 5.32 Å². The smallest absolute Gasteiger partial charge is 0.261 e. The fourth-order valence-electron chi connectivity index (χ4n) is 2.10. The molecule has 1 aromatic rings. The molecular formula is C14H18N2O2. The molecule has 18 heavy (non-hydrogen) atoms. The summed E-state index contributed by atoms with van der Waals surface area (Å²) in [6.07, 6.45) is 1.04. The van der Waals surface area contributed by atoms with E-state index in [0.29, 0.717) is 24.2 Å². The fraction of sp³-hybridized carbons (Fsp3) is 0.429. The first-order valence-corrected chi connectivity index (χ1v) is 6.32. The van der Waals surface area contributed by atoms with E-state index < -0.39 is 0 Å². The van der Waals surface area contributed by atoms with Gasteiger partial charge >= 0.3 is 0 Å². The van der Waals surface area contributed by atoms with E-state index in [1.165, 1.54) is 4.90 Å². The van der Waals surface area contributed by atoms with Crippen LogP contribution in [0.3, 0.4) is 0 Å². The van der Waals surface area contributed by atoms with Gasteiger partial charge in [0.25, 0.3) is 11.8 Å². The van der Waals surface area contributed by atoms with Crippen LogP contribution in [0, 0.1) is 6.92 Å². The predicted molar refractivity (Wildman–Crippen MR) is 69.7 cm³/mol. The van der Waals surface area contributed by atoms with E-state index in [1.54, 1.807) is 12.1 Å². The average Bonchev–Trinajstić information content (AvgIpc) is 2.59. The third-order valence-corrected chi connectivity index (χ3v) is 3.07. The SMILES string of the molecule is CCCNCCN1C(=O)c2ccc(C)cc2C1=O. The molecule has 0 bridgehead atoms. The van der Waals surface area contributed by atoms with Crippen LogP contribution >= 0.6 is 0 Å². The van der Waals surface area contributed by atoms with Gasteiger partial charge in [-0.15, -0.1) is 0 Å². The number of rotatable bonds is 5. The van der Waals surface area contributed by atoms with Gasteiger partial charge in [0.15, 0.2) is 0 Å². The highest BCUT2D eigenvalue weighted by atomic mass is 16.2. The zero-order chi connectivity index (χ0) is 13.1. The Morgan fingerprint density at radius 3 is 2.56 bits per heavy atom. The molecule has 1 N–H and O–H groups in total. The van der Waals surface area contributed by atoms with E-state index >= 15 is 0 Å². The van der Waals surface area contributed by atoms with Gasteiger partial charge in [0.05, 0.1) is 11.1 Å². The minimum absolute atomic E-state index is 0.169. The number of benzene rings is 1. The highest BCUT2D eigenvalue weighted by molar-refractivity contribution is 6.21. The van der Waals surface area contributed by atoms with E-state index in [4.69, 9.17) is 0 Å². The quantitative estimate of drug-likeness (QED) is 0.634. The Hall–Kier alpha value is -1.68. The van der Waals surface area contributed by atoms with Crippen LogP contribution in [0.5, 0.6) is 0 Å². The Labute approximate surface area is 107 Å². The number of imide groups is 1. The number of hydrogen-bond donors (Lipinski definition) is 1. The number of amides is 2. The average molecular weight is 246 g/mol. The molecule has 96 valence electrons. The summed E-state index contributed by atoms with van der Waals surface area (Å²) in [6.45, 7) is 5.99. The second-order valence-electron chi connectivity index (χ2n) is 4.56. The summed E-state index contributed by atoms with van der Waals surface area (Å²) < 4.78 is 0. The van der Waals surface area contributed by atoms with Crippen LogP contribution in [0.4, 0.5) is 0 Å². The van der Waals surface area contributed by atoms with E-state index in [9.17, 15) is 9.59 Å². The first-order chi connectivity index (χ1) is 8.65. The summed E-state index contributed by atoms with van der Waals surface area (Å²) in [5, 5.41) is 3.20. The Bertz CT molecular complexity index is 483. The topological polar surface area (TPSA) is 49.4 Å². The van der Waals surface area contributed by atoms with Crippen molar-refractivity contribution in [1.29, 1.82) is 0 Å². The Kier molecular flexibility index (Phi) is 3.77. The maximum atomic E-state index is 12.1. The van der Waals surface area contributed by atoms with Gasteiger partial charge in [-0.1, -0.05) is 18.6 Å². The molecule has 4 heteroatoms. The van der Waals surface area contributed by atoms with Crippen LogP contribution in [-0.4, -0.2) is 36.3 Å². The molecule has 0 aliphatic carbocycles. The van der Waals surface area contributed by atoms with Gasteiger partial charge in [-0.05, 0) is 32.0 Å². The summed E-state index contributed by atoms with van der Waals surface area (Å²) in [6, 6.07) is 5.39. The minimum atomic E-state index is -0.173. The number of carbonyl (C=O) groups is 2. The predicted octanol–water partition coefficient (Wildman–Crippen LogP) is 1.59. The van der Waals surface area contributed by atoms with Crippen molar-refractivity contribution >= 4 is 11.8 Å². The molecule has 0 unspecified atom stereocenters. The van der Waals surface area contributed by atoms with Crippen molar-refractivity contribution in [3.63, 3.8) is 0 Å². The second-order valence-corrected chi connectivity index (χ2v) is 4.56. The Morgan fingerprint density at radius 1 is 1.11 bits per heavy atom. The zero-order valence-corrected chi connectivity index (χ0v) is 10.8. The summed E-state index contributed by atoms with van der Waals surface area (Å²) in [7, 11) is 0. The first-order valence-electron chi connectivity index (χ1n) is 6.32. The largest absolute Gasteiger partial charge is 0.315 e. The molecule has 2 amide bonds. The van der Waals surface area contributed by atoms with E-state index in [2.05, 4.69) is 12.2 Å². The van der Waals surface area contributed by atoms with Crippen LogP contribution in [0.15, 0.2) is 18.2 Å². The highest BCUT2D eigenvalue weighted by Gasteiger charge is 2.34. The van der Waals surface area contributed by atoms with Crippen LogP contribution in [-0.2, 0) is 0 Å². The maximum absolute atomic E-state index is 12.1. The van der Waals surface area contributed by atoms with Crippen molar-refractivity contribution in [2.75, 3.05) is 19.6 Å². The number of carbonyl (C=O) groups excluding carboxylic acids is 2. The molecule has 0 fully saturated rings. The van der Waals surface area contributed by atoms with Crippen molar-refractivity contribution < 1.29 is 9.59 Å². The molecule has 4 nitrogen and oxygen atoms in total. The number of aryl methyl sites for hydroxylation is 1. The first kappa shape index (κ1) is 12.8. The number of fused-ring (bicyclic) bond motifs is 1. The van der Waals surface area contributed by atoms with Gasteiger partial charge in [0.1, 0.15) is 0 Å².